The largest absolute Gasteiger partial charge is 0.391 e. The molecule has 44 heavy (non-hydrogen) atoms. The van der Waals surface area contributed by atoms with Crippen LogP contribution in [-0.2, 0) is 38.3 Å². The number of hydrogen-bond donors (Lipinski definition) is 7. The molecule has 250 valence electrons. The summed E-state index contributed by atoms with van der Waals surface area (Å²) in [6, 6.07) is -2.27. The summed E-state index contributed by atoms with van der Waals surface area (Å²) in [5, 5.41) is 24.3. The lowest BCUT2D eigenvalue weighted by molar-refractivity contribution is -0.140. The monoisotopic (exact) mass is 627 g/mol. The van der Waals surface area contributed by atoms with Crippen molar-refractivity contribution in [2.75, 3.05) is 46.4 Å². The normalized spacial score (nSPS) is 17.1. The van der Waals surface area contributed by atoms with Crippen molar-refractivity contribution in [2.24, 2.45) is 5.41 Å². The molecule has 0 bridgehead atoms. The SMILES string of the molecule is CCC(C)(CCOC(C)C)C(=O)NCC(=O)N1CCCC1C(=O)NCC(=O)NC(C(=O)NCC(=O)NCC(=O)NC)C(C)O. The maximum absolute atomic E-state index is 12.9. The van der Waals surface area contributed by atoms with Crippen LogP contribution in [0.3, 0.4) is 0 Å². The van der Waals surface area contributed by atoms with E-state index in [2.05, 4.69) is 31.9 Å². The smallest absolute Gasteiger partial charge is 0.245 e. The van der Waals surface area contributed by atoms with E-state index in [0.717, 1.165) is 0 Å². The lowest BCUT2D eigenvalue weighted by Crippen LogP contribution is -2.56. The molecule has 1 fully saturated rings. The van der Waals surface area contributed by atoms with Crippen LogP contribution in [0.15, 0.2) is 0 Å². The first-order valence-corrected chi connectivity index (χ1v) is 14.8. The van der Waals surface area contributed by atoms with Gasteiger partial charge in [0.05, 0.1) is 38.4 Å². The quantitative estimate of drug-likeness (QED) is 0.0837. The summed E-state index contributed by atoms with van der Waals surface area (Å²) < 4.78 is 5.57. The number of amides is 7. The van der Waals surface area contributed by atoms with Crippen LogP contribution in [0.2, 0.25) is 0 Å². The Bertz CT molecular complexity index is 1040. The minimum Gasteiger partial charge on any atom is -0.391 e. The van der Waals surface area contributed by atoms with Crippen LogP contribution < -0.4 is 31.9 Å². The number of hydrogen-bond acceptors (Lipinski definition) is 9. The third kappa shape index (κ3) is 12.8. The Balaban J connectivity index is 2.60. The van der Waals surface area contributed by atoms with E-state index in [1.807, 2.05) is 27.7 Å². The fraction of sp³-hybridized carbons (Fsp3) is 0.750. The van der Waals surface area contributed by atoms with E-state index in [-0.39, 0.29) is 25.1 Å². The molecule has 0 radical (unpaired) electrons. The topological polar surface area (TPSA) is 224 Å². The third-order valence-corrected chi connectivity index (χ3v) is 7.36. The number of rotatable bonds is 18. The van der Waals surface area contributed by atoms with Crippen LogP contribution in [0.1, 0.15) is 60.3 Å². The van der Waals surface area contributed by atoms with E-state index in [9.17, 15) is 38.7 Å². The van der Waals surface area contributed by atoms with Crippen molar-refractivity contribution in [2.45, 2.75) is 84.6 Å². The Kier molecular flexibility index (Phi) is 16.3. The van der Waals surface area contributed by atoms with Gasteiger partial charge in [-0.1, -0.05) is 13.8 Å². The molecule has 1 heterocycles. The number of likely N-dealkylation sites (tertiary alicyclic amines) is 1. The fourth-order valence-electron chi connectivity index (χ4n) is 4.30. The highest BCUT2D eigenvalue weighted by atomic mass is 16.5. The first-order valence-electron chi connectivity index (χ1n) is 14.8. The van der Waals surface area contributed by atoms with Gasteiger partial charge in [0.15, 0.2) is 0 Å². The second kappa shape index (κ2) is 18.8. The van der Waals surface area contributed by atoms with Crippen molar-refractivity contribution in [3.8, 4) is 0 Å². The molecule has 0 spiro atoms. The van der Waals surface area contributed by atoms with Crippen LogP contribution in [0.25, 0.3) is 0 Å². The van der Waals surface area contributed by atoms with Crippen molar-refractivity contribution in [3.05, 3.63) is 0 Å². The number of carbonyl (C=O) groups excluding carboxylic acids is 7. The first kappa shape index (κ1) is 38.2. The second-order valence-electron chi connectivity index (χ2n) is 11.2. The molecule has 16 heteroatoms. The minimum absolute atomic E-state index is 0.0389. The van der Waals surface area contributed by atoms with Crippen LogP contribution >= 0.6 is 0 Å². The Hall–Kier alpha value is -3.79. The van der Waals surface area contributed by atoms with Gasteiger partial charge in [-0.2, -0.15) is 0 Å². The summed E-state index contributed by atoms with van der Waals surface area (Å²) in [5.74, 6) is -4.01. The summed E-state index contributed by atoms with van der Waals surface area (Å²) in [7, 11) is 1.40. The lowest BCUT2D eigenvalue weighted by atomic mass is 9.83. The fourth-order valence-corrected chi connectivity index (χ4v) is 4.30. The van der Waals surface area contributed by atoms with E-state index in [4.69, 9.17) is 4.74 Å². The van der Waals surface area contributed by atoms with Gasteiger partial charge in [-0.05, 0) is 46.5 Å². The Morgan fingerprint density at radius 3 is 2.14 bits per heavy atom. The number of nitrogens with one attached hydrogen (secondary N) is 6. The number of likely N-dealkylation sites (N-methyl/N-ethyl adjacent to an activating group) is 1. The molecule has 4 atom stereocenters. The molecular formula is C28H49N7O9. The molecule has 1 aliphatic heterocycles. The van der Waals surface area contributed by atoms with Gasteiger partial charge in [-0.3, -0.25) is 33.6 Å². The predicted octanol–water partition coefficient (Wildman–Crippen LogP) is -2.71. The van der Waals surface area contributed by atoms with Crippen LogP contribution in [0.5, 0.6) is 0 Å². The molecule has 7 amide bonds. The van der Waals surface area contributed by atoms with Crippen molar-refractivity contribution in [1.29, 1.82) is 0 Å². The molecule has 7 N–H and O–H groups in total. The van der Waals surface area contributed by atoms with Crippen molar-refractivity contribution < 1.29 is 43.4 Å². The van der Waals surface area contributed by atoms with Crippen LogP contribution in [-0.4, -0.2) is 122 Å². The second-order valence-corrected chi connectivity index (χ2v) is 11.2. The lowest BCUT2D eigenvalue weighted by Gasteiger charge is -2.28. The molecule has 4 unspecified atom stereocenters. The zero-order valence-corrected chi connectivity index (χ0v) is 26.5. The number of carbonyl (C=O) groups is 7. The zero-order chi connectivity index (χ0) is 33.4. The zero-order valence-electron chi connectivity index (χ0n) is 26.5. The van der Waals surface area contributed by atoms with Crippen LogP contribution in [0.4, 0.5) is 0 Å². The van der Waals surface area contributed by atoms with Gasteiger partial charge in [-0.25, -0.2) is 0 Å². The summed E-state index contributed by atoms with van der Waals surface area (Å²) in [4.78, 5) is 87.9. The Labute approximate surface area is 258 Å². The molecule has 0 aromatic heterocycles. The van der Waals surface area contributed by atoms with Gasteiger partial charge in [0.2, 0.25) is 41.4 Å². The van der Waals surface area contributed by atoms with E-state index in [1.165, 1.54) is 18.9 Å². The van der Waals surface area contributed by atoms with Gasteiger partial charge >= 0.3 is 0 Å². The third-order valence-electron chi connectivity index (χ3n) is 7.36. The van der Waals surface area contributed by atoms with Gasteiger partial charge in [0.25, 0.3) is 0 Å². The van der Waals surface area contributed by atoms with E-state index in [0.29, 0.717) is 38.8 Å². The average molecular weight is 628 g/mol. The summed E-state index contributed by atoms with van der Waals surface area (Å²) in [6.45, 7) is 7.90. The summed E-state index contributed by atoms with van der Waals surface area (Å²) in [6.07, 6.45) is 0.676. The Morgan fingerprint density at radius 1 is 0.909 bits per heavy atom. The van der Waals surface area contributed by atoms with Crippen LogP contribution in [0, 0.1) is 5.41 Å². The van der Waals surface area contributed by atoms with E-state index >= 15 is 0 Å². The predicted molar refractivity (Wildman–Crippen MR) is 159 cm³/mol. The summed E-state index contributed by atoms with van der Waals surface area (Å²) in [5.41, 5.74) is -0.718. The maximum Gasteiger partial charge on any atom is 0.245 e. The van der Waals surface area contributed by atoms with E-state index < -0.39 is 72.1 Å². The molecule has 0 aromatic rings. The highest BCUT2D eigenvalue weighted by Crippen LogP contribution is 2.26. The molecule has 0 aromatic carbocycles. The van der Waals surface area contributed by atoms with Gasteiger partial charge < -0.3 is 46.6 Å². The molecule has 0 saturated carbocycles. The molecule has 1 saturated heterocycles. The summed E-state index contributed by atoms with van der Waals surface area (Å²) >= 11 is 0. The molecular weight excluding hydrogens is 578 g/mol. The number of nitrogens with zero attached hydrogens (tertiary/aromatic N) is 1. The highest BCUT2D eigenvalue weighted by molar-refractivity contribution is 5.95. The van der Waals surface area contributed by atoms with Gasteiger partial charge in [0.1, 0.15) is 12.1 Å². The first-order chi connectivity index (χ1) is 20.6. The molecule has 0 aliphatic carbocycles. The molecule has 1 rings (SSSR count). The standard InChI is InChI=1S/C28H49N7O9/c1-7-28(5,10-12-44-17(2)3)27(43)33-16-23(40)35-11-8-9-19(35)25(41)31-15-22(39)34-24(18(4)36)26(42)32-14-21(38)30-13-20(37)29-6/h17-19,24,36H,7-16H2,1-6H3,(H,29,37)(H,30,38)(H,31,41)(H,32,42)(H,33,43)(H,34,39). The molecule has 16 nitrogen and oxygen atoms in total. The van der Waals surface area contributed by atoms with Crippen molar-refractivity contribution in [1.82, 2.24) is 36.8 Å². The average Bonchev–Trinajstić information content (AvgIpc) is 3.48. The van der Waals surface area contributed by atoms with Crippen molar-refractivity contribution in [3.63, 3.8) is 0 Å². The van der Waals surface area contributed by atoms with Gasteiger partial charge in [-0.15, -0.1) is 0 Å². The van der Waals surface area contributed by atoms with Gasteiger partial charge in [0, 0.05) is 25.6 Å². The minimum atomic E-state index is -1.43. The van der Waals surface area contributed by atoms with Crippen molar-refractivity contribution >= 4 is 41.4 Å². The number of aliphatic hydroxyl groups is 1. The molecule has 1 aliphatic rings. The maximum atomic E-state index is 12.9. The Morgan fingerprint density at radius 2 is 1.55 bits per heavy atom. The van der Waals surface area contributed by atoms with E-state index in [1.54, 1.807) is 0 Å². The highest BCUT2D eigenvalue weighted by Gasteiger charge is 2.36. The number of ether oxygens (including phenoxy) is 1. The number of aliphatic hydroxyl groups excluding tert-OH is 1.